The number of hydrogen-bond donors (Lipinski definition) is 3. The Bertz CT molecular complexity index is 309. The Kier molecular flexibility index (Phi) is 8.45. The minimum absolute atomic E-state index is 0.00244. The number of carbonyl (C=O) groups excluding carboxylic acids is 1. The molecule has 6 nitrogen and oxygen atoms in total. The lowest BCUT2D eigenvalue weighted by Gasteiger charge is -2.26. The Morgan fingerprint density at radius 1 is 1.30 bits per heavy atom. The molecule has 3 N–H and O–H groups in total. The van der Waals surface area contributed by atoms with Gasteiger partial charge in [-0.3, -0.25) is 9.69 Å². The summed E-state index contributed by atoms with van der Waals surface area (Å²) in [6.07, 6.45) is 0.847. The molecule has 0 bridgehead atoms. The van der Waals surface area contributed by atoms with Crippen molar-refractivity contribution < 1.29 is 14.7 Å². The zero-order valence-electron chi connectivity index (χ0n) is 12.1. The lowest BCUT2D eigenvalue weighted by Crippen LogP contribution is -2.43. The second-order valence-corrected chi connectivity index (χ2v) is 6.19. The highest BCUT2D eigenvalue weighted by atomic mass is 32.2. The largest absolute Gasteiger partial charge is 0.481 e. The Balaban J connectivity index is 2.08. The lowest BCUT2D eigenvalue weighted by molar-refractivity contribution is -0.138. The Morgan fingerprint density at radius 3 is 2.60 bits per heavy atom. The molecule has 116 valence electrons. The van der Waals surface area contributed by atoms with Gasteiger partial charge in [-0.15, -0.1) is 0 Å². The molecular formula is C13H25N3O3S. The summed E-state index contributed by atoms with van der Waals surface area (Å²) >= 11 is 1.97. The van der Waals surface area contributed by atoms with E-state index in [1.54, 1.807) is 0 Å². The zero-order valence-corrected chi connectivity index (χ0v) is 12.9. The van der Waals surface area contributed by atoms with Crippen LogP contribution in [0.5, 0.6) is 0 Å². The monoisotopic (exact) mass is 303 g/mol. The van der Waals surface area contributed by atoms with Crippen molar-refractivity contribution in [3.8, 4) is 0 Å². The molecular weight excluding hydrogens is 278 g/mol. The number of nitrogens with one attached hydrogen (secondary N) is 2. The summed E-state index contributed by atoms with van der Waals surface area (Å²) in [4.78, 5) is 24.6. The molecule has 7 heteroatoms. The van der Waals surface area contributed by atoms with E-state index in [-0.39, 0.29) is 18.4 Å². The first-order chi connectivity index (χ1) is 9.61. The Hall–Kier alpha value is -0.950. The van der Waals surface area contributed by atoms with E-state index in [0.717, 1.165) is 26.1 Å². The normalized spacial score (nSPS) is 17.4. The minimum Gasteiger partial charge on any atom is -0.481 e. The fraction of sp³-hybridized carbons (Fsp3) is 0.846. The van der Waals surface area contributed by atoms with Gasteiger partial charge < -0.3 is 15.7 Å². The number of thioether (sulfide) groups is 1. The molecule has 0 radical (unpaired) electrons. The molecule has 20 heavy (non-hydrogen) atoms. The van der Waals surface area contributed by atoms with Gasteiger partial charge in [-0.25, -0.2) is 4.79 Å². The SMILES string of the molecule is CCC(CNC(=O)NCCN1CCSCC1)CC(=O)O. The van der Waals surface area contributed by atoms with Gasteiger partial charge in [0.15, 0.2) is 0 Å². The van der Waals surface area contributed by atoms with Gasteiger partial charge >= 0.3 is 12.0 Å². The first-order valence-corrected chi connectivity index (χ1v) is 8.31. The average molecular weight is 303 g/mol. The van der Waals surface area contributed by atoms with Crippen LogP contribution in [-0.4, -0.2) is 66.2 Å². The molecule has 1 fully saturated rings. The van der Waals surface area contributed by atoms with E-state index in [1.165, 1.54) is 11.5 Å². The Labute approximate surface area is 124 Å². The number of hydrogen-bond acceptors (Lipinski definition) is 4. The van der Waals surface area contributed by atoms with Crippen molar-refractivity contribution in [3.63, 3.8) is 0 Å². The summed E-state index contributed by atoms with van der Waals surface area (Å²) in [5.41, 5.74) is 0. The predicted octanol–water partition coefficient (Wildman–Crippen LogP) is 0.835. The van der Waals surface area contributed by atoms with Crippen LogP contribution in [0.1, 0.15) is 19.8 Å². The third-order valence-electron chi connectivity index (χ3n) is 3.41. The number of urea groups is 1. The van der Waals surface area contributed by atoms with E-state index in [2.05, 4.69) is 15.5 Å². The van der Waals surface area contributed by atoms with E-state index >= 15 is 0 Å². The highest BCUT2D eigenvalue weighted by Crippen LogP contribution is 2.08. The van der Waals surface area contributed by atoms with Gasteiger partial charge in [-0.05, 0) is 5.92 Å². The molecule has 0 aliphatic carbocycles. The van der Waals surface area contributed by atoms with E-state index in [0.29, 0.717) is 13.1 Å². The molecule has 1 aliphatic heterocycles. The fourth-order valence-corrected chi connectivity index (χ4v) is 3.04. The van der Waals surface area contributed by atoms with Gasteiger partial charge in [0, 0.05) is 50.7 Å². The summed E-state index contributed by atoms with van der Waals surface area (Å²) in [6.45, 7) is 6.03. The van der Waals surface area contributed by atoms with Crippen molar-refractivity contribution in [2.75, 3.05) is 44.2 Å². The van der Waals surface area contributed by atoms with Crippen LogP contribution in [0.15, 0.2) is 0 Å². The molecule has 1 unspecified atom stereocenters. The number of rotatable bonds is 8. The van der Waals surface area contributed by atoms with E-state index in [9.17, 15) is 9.59 Å². The maximum atomic E-state index is 11.6. The van der Waals surface area contributed by atoms with Crippen molar-refractivity contribution >= 4 is 23.8 Å². The van der Waals surface area contributed by atoms with E-state index in [1.807, 2.05) is 18.7 Å². The van der Waals surface area contributed by atoms with Crippen molar-refractivity contribution in [2.24, 2.45) is 5.92 Å². The van der Waals surface area contributed by atoms with Crippen LogP contribution in [0.4, 0.5) is 4.79 Å². The second-order valence-electron chi connectivity index (χ2n) is 4.96. The van der Waals surface area contributed by atoms with Gasteiger partial charge in [0.2, 0.25) is 0 Å². The summed E-state index contributed by atoms with van der Waals surface area (Å²) in [5, 5.41) is 14.3. The maximum absolute atomic E-state index is 11.6. The molecule has 2 amide bonds. The van der Waals surface area contributed by atoms with Crippen LogP contribution in [-0.2, 0) is 4.79 Å². The molecule has 0 saturated carbocycles. The quantitative estimate of drug-likeness (QED) is 0.619. The van der Waals surface area contributed by atoms with Gasteiger partial charge in [0.05, 0.1) is 0 Å². The topological polar surface area (TPSA) is 81.7 Å². The molecule has 1 rings (SSSR count). The Morgan fingerprint density at radius 2 is 2.00 bits per heavy atom. The number of aliphatic carboxylic acids is 1. The van der Waals surface area contributed by atoms with Gasteiger partial charge in [-0.2, -0.15) is 11.8 Å². The van der Waals surface area contributed by atoms with Crippen LogP contribution in [0.25, 0.3) is 0 Å². The summed E-state index contributed by atoms with van der Waals surface area (Å²) < 4.78 is 0. The minimum atomic E-state index is -0.818. The molecule has 0 spiro atoms. The highest BCUT2D eigenvalue weighted by Gasteiger charge is 2.13. The van der Waals surface area contributed by atoms with Crippen molar-refractivity contribution in [1.29, 1.82) is 0 Å². The molecule has 1 aliphatic rings. The smallest absolute Gasteiger partial charge is 0.314 e. The van der Waals surface area contributed by atoms with Crippen LogP contribution < -0.4 is 10.6 Å². The molecule has 0 aromatic heterocycles. The standard InChI is InChI=1S/C13H25N3O3S/c1-2-11(9-12(17)18)10-15-13(19)14-3-4-16-5-7-20-8-6-16/h11H,2-10H2,1H3,(H,17,18)(H2,14,15,19). The van der Waals surface area contributed by atoms with Gasteiger partial charge in [-0.1, -0.05) is 13.3 Å². The second kappa shape index (κ2) is 9.88. The van der Waals surface area contributed by atoms with Crippen LogP contribution >= 0.6 is 11.8 Å². The number of amides is 2. The lowest BCUT2D eigenvalue weighted by atomic mass is 10.0. The first-order valence-electron chi connectivity index (χ1n) is 7.15. The van der Waals surface area contributed by atoms with Crippen LogP contribution in [0.3, 0.4) is 0 Å². The fourth-order valence-electron chi connectivity index (χ4n) is 2.06. The van der Waals surface area contributed by atoms with Gasteiger partial charge in [0.25, 0.3) is 0 Å². The van der Waals surface area contributed by atoms with E-state index in [4.69, 9.17) is 5.11 Å². The maximum Gasteiger partial charge on any atom is 0.314 e. The number of nitrogens with zero attached hydrogens (tertiary/aromatic N) is 1. The molecule has 1 atom stereocenters. The van der Waals surface area contributed by atoms with Crippen molar-refractivity contribution in [1.82, 2.24) is 15.5 Å². The molecule has 0 aromatic rings. The third kappa shape index (κ3) is 7.59. The van der Waals surface area contributed by atoms with Gasteiger partial charge in [0.1, 0.15) is 0 Å². The average Bonchev–Trinajstić information content (AvgIpc) is 2.44. The number of carboxylic acid groups (broad SMARTS) is 1. The van der Waals surface area contributed by atoms with Crippen molar-refractivity contribution in [3.05, 3.63) is 0 Å². The highest BCUT2D eigenvalue weighted by molar-refractivity contribution is 7.99. The molecule has 1 saturated heterocycles. The van der Waals surface area contributed by atoms with E-state index < -0.39 is 5.97 Å². The van der Waals surface area contributed by atoms with Crippen molar-refractivity contribution in [2.45, 2.75) is 19.8 Å². The van der Waals surface area contributed by atoms with Crippen LogP contribution in [0.2, 0.25) is 0 Å². The summed E-state index contributed by atoms with van der Waals surface area (Å²) in [7, 11) is 0. The third-order valence-corrected chi connectivity index (χ3v) is 4.35. The van der Waals surface area contributed by atoms with Crippen LogP contribution in [0, 0.1) is 5.92 Å². The first kappa shape index (κ1) is 17.1. The molecule has 1 heterocycles. The zero-order chi connectivity index (χ0) is 14.8. The predicted molar refractivity (Wildman–Crippen MR) is 81.2 cm³/mol. The summed E-state index contributed by atoms with van der Waals surface area (Å²) in [6, 6.07) is -0.208. The number of carbonyl (C=O) groups is 2. The summed E-state index contributed by atoms with van der Waals surface area (Å²) in [5.74, 6) is 1.51. The number of carboxylic acids is 1. The molecule has 0 aromatic carbocycles.